The molecule has 0 saturated heterocycles. The van der Waals surface area contributed by atoms with Crippen LogP contribution in [-0.2, 0) is 11.2 Å². The number of benzene rings is 1. The fourth-order valence-corrected chi connectivity index (χ4v) is 3.97. The van der Waals surface area contributed by atoms with E-state index in [0.717, 1.165) is 35.3 Å². The van der Waals surface area contributed by atoms with Crippen LogP contribution in [0.4, 0.5) is 5.13 Å². The maximum absolute atomic E-state index is 12.2. The summed E-state index contributed by atoms with van der Waals surface area (Å²) in [5.74, 6) is 0.0339. The number of thioether (sulfide) groups is 1. The fourth-order valence-electron chi connectivity index (χ4n) is 2.02. The fraction of sp³-hybridized carbons (Fsp3) is 0.471. The lowest BCUT2D eigenvalue weighted by atomic mass is 10.1. The molecule has 0 aliphatic heterocycles. The van der Waals surface area contributed by atoms with Crippen molar-refractivity contribution in [3.8, 4) is 0 Å². The Kier molecular flexibility index (Phi) is 8.04. The first-order valence-corrected chi connectivity index (χ1v) is 9.94. The maximum atomic E-state index is 12.2. The van der Waals surface area contributed by atoms with Gasteiger partial charge in [0.1, 0.15) is 0 Å². The van der Waals surface area contributed by atoms with Crippen molar-refractivity contribution in [3.63, 3.8) is 0 Å². The van der Waals surface area contributed by atoms with Gasteiger partial charge in [0.05, 0.1) is 5.25 Å². The molecule has 5 nitrogen and oxygen atoms in total. The van der Waals surface area contributed by atoms with Gasteiger partial charge in [0, 0.05) is 13.1 Å². The van der Waals surface area contributed by atoms with E-state index >= 15 is 0 Å². The first kappa shape index (κ1) is 18.7. The monoisotopic (exact) mass is 364 g/mol. The second kappa shape index (κ2) is 10.3. The molecule has 2 aromatic rings. The molecule has 0 radical (unpaired) electrons. The number of carbonyl (C=O) groups excluding carboxylic acids is 1. The minimum absolute atomic E-state index is 0.0339. The largest absolute Gasteiger partial charge is 0.360 e. The molecule has 1 heterocycles. The predicted molar refractivity (Wildman–Crippen MR) is 102 cm³/mol. The van der Waals surface area contributed by atoms with Crippen LogP contribution >= 0.6 is 23.1 Å². The maximum Gasteiger partial charge on any atom is 0.233 e. The van der Waals surface area contributed by atoms with Gasteiger partial charge in [0.15, 0.2) is 4.34 Å². The van der Waals surface area contributed by atoms with Crippen molar-refractivity contribution in [2.45, 2.75) is 42.7 Å². The number of hydrogen-bond acceptors (Lipinski definition) is 6. The number of amides is 1. The van der Waals surface area contributed by atoms with Crippen LogP contribution in [0.2, 0.25) is 0 Å². The van der Waals surface area contributed by atoms with Crippen molar-refractivity contribution >= 4 is 34.1 Å². The van der Waals surface area contributed by atoms with Crippen molar-refractivity contribution in [2.75, 3.05) is 18.4 Å². The lowest BCUT2D eigenvalue weighted by Gasteiger charge is -2.10. The van der Waals surface area contributed by atoms with Gasteiger partial charge in [0.25, 0.3) is 0 Å². The summed E-state index contributed by atoms with van der Waals surface area (Å²) in [6.07, 6.45) is 3.10. The summed E-state index contributed by atoms with van der Waals surface area (Å²) < 4.78 is 0.819. The van der Waals surface area contributed by atoms with E-state index in [9.17, 15) is 4.79 Å². The van der Waals surface area contributed by atoms with Crippen LogP contribution in [0.1, 0.15) is 32.3 Å². The van der Waals surface area contributed by atoms with Crippen molar-refractivity contribution < 1.29 is 4.79 Å². The van der Waals surface area contributed by atoms with Crippen LogP contribution < -0.4 is 10.6 Å². The van der Waals surface area contributed by atoms with Crippen LogP contribution in [0.3, 0.4) is 0 Å². The minimum atomic E-state index is -0.183. The molecular weight excluding hydrogens is 340 g/mol. The molecule has 0 spiro atoms. The van der Waals surface area contributed by atoms with Gasteiger partial charge in [-0.3, -0.25) is 4.79 Å². The third-order valence-corrected chi connectivity index (χ3v) is 5.48. The lowest BCUT2D eigenvalue weighted by molar-refractivity contribution is -0.120. The molecule has 1 aromatic heterocycles. The summed E-state index contributed by atoms with van der Waals surface area (Å²) in [6, 6.07) is 10.2. The highest BCUT2D eigenvalue weighted by Crippen LogP contribution is 2.28. The normalized spacial score (nSPS) is 11.9. The van der Waals surface area contributed by atoms with Gasteiger partial charge in [-0.15, -0.1) is 10.2 Å². The molecule has 2 N–H and O–H groups in total. The summed E-state index contributed by atoms with van der Waals surface area (Å²) >= 11 is 2.95. The number of carbonyl (C=O) groups is 1. The zero-order valence-corrected chi connectivity index (χ0v) is 15.8. The zero-order valence-electron chi connectivity index (χ0n) is 14.1. The van der Waals surface area contributed by atoms with Gasteiger partial charge in [-0.2, -0.15) is 0 Å². The van der Waals surface area contributed by atoms with Crippen LogP contribution in [0, 0.1) is 0 Å². The van der Waals surface area contributed by atoms with Gasteiger partial charge in [-0.05, 0) is 25.3 Å². The third-order valence-electron chi connectivity index (χ3n) is 3.42. The van der Waals surface area contributed by atoms with Crippen LogP contribution in [-0.4, -0.2) is 34.4 Å². The highest BCUT2D eigenvalue weighted by Gasteiger charge is 2.16. The average molecular weight is 365 g/mol. The molecule has 7 heteroatoms. The van der Waals surface area contributed by atoms with E-state index in [1.54, 1.807) is 0 Å². The van der Waals surface area contributed by atoms with E-state index in [1.807, 2.05) is 25.1 Å². The molecule has 24 heavy (non-hydrogen) atoms. The smallest absolute Gasteiger partial charge is 0.233 e. The van der Waals surface area contributed by atoms with Crippen LogP contribution in [0.15, 0.2) is 34.7 Å². The van der Waals surface area contributed by atoms with Crippen molar-refractivity contribution in [1.29, 1.82) is 0 Å². The molecule has 1 aromatic carbocycles. The second-order valence-corrected chi connectivity index (χ2v) is 8.01. The van der Waals surface area contributed by atoms with E-state index in [4.69, 9.17) is 0 Å². The highest BCUT2D eigenvalue weighted by molar-refractivity contribution is 8.02. The molecule has 0 saturated carbocycles. The minimum Gasteiger partial charge on any atom is -0.360 e. The number of hydrogen-bond donors (Lipinski definition) is 2. The van der Waals surface area contributed by atoms with E-state index < -0.39 is 0 Å². The molecular formula is C17H24N4OS2. The molecule has 0 fully saturated rings. The predicted octanol–water partition coefficient (Wildman–Crippen LogP) is 3.59. The van der Waals surface area contributed by atoms with Gasteiger partial charge < -0.3 is 10.6 Å². The lowest BCUT2D eigenvalue weighted by Crippen LogP contribution is -2.32. The van der Waals surface area contributed by atoms with Gasteiger partial charge in [-0.25, -0.2) is 0 Å². The first-order chi connectivity index (χ1) is 11.7. The number of anilines is 1. The summed E-state index contributed by atoms with van der Waals surface area (Å²) in [4.78, 5) is 12.2. The number of nitrogens with zero attached hydrogens (tertiary/aromatic N) is 2. The summed E-state index contributed by atoms with van der Waals surface area (Å²) in [5.41, 5.74) is 1.23. The van der Waals surface area contributed by atoms with E-state index in [-0.39, 0.29) is 11.2 Å². The summed E-state index contributed by atoms with van der Waals surface area (Å²) in [7, 11) is 0. The molecule has 1 amide bonds. The molecule has 0 bridgehead atoms. The van der Waals surface area contributed by atoms with Gasteiger partial charge in [0.2, 0.25) is 11.0 Å². The number of unbranched alkanes of at least 4 members (excludes halogenated alkanes) is 1. The molecule has 1 atom stereocenters. The topological polar surface area (TPSA) is 66.9 Å². The molecule has 130 valence electrons. The molecule has 0 aliphatic rings. The Morgan fingerprint density at radius 2 is 2.04 bits per heavy atom. The number of nitrogens with one attached hydrogen (secondary N) is 2. The average Bonchev–Trinajstić information content (AvgIpc) is 3.03. The Labute approximate surface area is 151 Å². The Hall–Kier alpha value is -1.60. The SMILES string of the molecule is CCCCNc1nnc(SC(C)C(=O)NCCc2ccccc2)s1. The Balaban J connectivity index is 1.71. The second-order valence-electron chi connectivity index (χ2n) is 5.44. The number of aromatic nitrogens is 2. The third kappa shape index (κ3) is 6.49. The quantitative estimate of drug-likeness (QED) is 0.498. The van der Waals surface area contributed by atoms with Crippen molar-refractivity contribution in [3.05, 3.63) is 35.9 Å². The zero-order chi connectivity index (χ0) is 17.2. The van der Waals surface area contributed by atoms with Crippen LogP contribution in [0.25, 0.3) is 0 Å². The van der Waals surface area contributed by atoms with E-state index in [2.05, 4.69) is 39.9 Å². The Morgan fingerprint density at radius 1 is 1.25 bits per heavy atom. The van der Waals surface area contributed by atoms with Crippen molar-refractivity contribution in [1.82, 2.24) is 15.5 Å². The van der Waals surface area contributed by atoms with E-state index in [0.29, 0.717) is 6.54 Å². The van der Waals surface area contributed by atoms with E-state index in [1.165, 1.54) is 28.7 Å². The summed E-state index contributed by atoms with van der Waals surface area (Å²) in [6.45, 7) is 5.61. The van der Waals surface area contributed by atoms with Gasteiger partial charge >= 0.3 is 0 Å². The molecule has 1 unspecified atom stereocenters. The number of rotatable bonds is 10. The Bertz CT molecular complexity index is 618. The Morgan fingerprint density at radius 3 is 2.79 bits per heavy atom. The molecule has 2 rings (SSSR count). The van der Waals surface area contributed by atoms with Crippen molar-refractivity contribution in [2.24, 2.45) is 0 Å². The standard InChI is InChI=1S/C17H24N4OS2/c1-3-4-11-19-16-20-21-17(24-16)23-13(2)15(22)18-12-10-14-8-6-5-7-9-14/h5-9,13H,3-4,10-12H2,1-2H3,(H,18,22)(H,19,20). The van der Waals surface area contributed by atoms with Gasteiger partial charge in [-0.1, -0.05) is 66.8 Å². The highest BCUT2D eigenvalue weighted by atomic mass is 32.2. The van der Waals surface area contributed by atoms with Crippen LogP contribution in [0.5, 0.6) is 0 Å². The summed E-state index contributed by atoms with van der Waals surface area (Å²) in [5, 5.41) is 15.1. The first-order valence-electron chi connectivity index (χ1n) is 8.24. The molecule has 0 aliphatic carbocycles.